The number of benzene rings is 1. The molecule has 1 unspecified atom stereocenters. The van der Waals surface area contributed by atoms with Gasteiger partial charge in [-0.1, -0.05) is 48.4 Å². The summed E-state index contributed by atoms with van der Waals surface area (Å²) in [5.74, 6) is 0. The molecule has 0 N–H and O–H groups in total. The Morgan fingerprint density at radius 1 is 1.21 bits per heavy atom. The second-order valence-electron chi connectivity index (χ2n) is 5.53. The third-order valence-corrected chi connectivity index (χ3v) is 4.03. The van der Waals surface area contributed by atoms with E-state index in [9.17, 15) is 4.79 Å². The molecule has 1 atom stereocenters. The normalized spacial score (nSPS) is 11.9. The Kier molecular flexibility index (Phi) is 4.31. The summed E-state index contributed by atoms with van der Waals surface area (Å²) in [5, 5.41) is 3.84. The molecule has 0 aliphatic heterocycles. The van der Waals surface area contributed by atoms with E-state index in [0.717, 1.165) is 11.3 Å². The van der Waals surface area contributed by atoms with Crippen molar-refractivity contribution in [2.24, 2.45) is 5.11 Å². The van der Waals surface area contributed by atoms with Gasteiger partial charge in [0, 0.05) is 10.6 Å². The molecular formula is C18H17N5O. The third-order valence-electron chi connectivity index (χ3n) is 4.03. The summed E-state index contributed by atoms with van der Waals surface area (Å²) in [6.45, 7) is 3.78. The summed E-state index contributed by atoms with van der Waals surface area (Å²) in [5.41, 5.74) is 11.9. The molecule has 6 heteroatoms. The zero-order chi connectivity index (χ0) is 17.1. The summed E-state index contributed by atoms with van der Waals surface area (Å²) in [7, 11) is 0. The topological polar surface area (TPSA) is 83.1 Å². The summed E-state index contributed by atoms with van der Waals surface area (Å²) >= 11 is 0. The highest BCUT2D eigenvalue weighted by molar-refractivity contribution is 5.67. The highest BCUT2D eigenvalue weighted by atomic mass is 16.1. The third kappa shape index (κ3) is 2.64. The Balaban J connectivity index is 2.45. The predicted molar refractivity (Wildman–Crippen MR) is 93.8 cm³/mol. The summed E-state index contributed by atoms with van der Waals surface area (Å²) in [6.07, 6.45) is 0.568. The van der Waals surface area contributed by atoms with Crippen LogP contribution in [0, 0.1) is 6.92 Å². The minimum absolute atomic E-state index is 0.147. The number of azide groups is 1. The van der Waals surface area contributed by atoms with Crippen molar-refractivity contribution in [3.8, 4) is 11.1 Å². The molecule has 3 rings (SSSR count). The Hall–Kier alpha value is -3.11. The molecule has 0 radical (unpaired) electrons. The van der Waals surface area contributed by atoms with Gasteiger partial charge in [-0.3, -0.25) is 9.20 Å². The van der Waals surface area contributed by atoms with Crippen LogP contribution in [-0.4, -0.2) is 9.38 Å². The lowest BCUT2D eigenvalue weighted by Crippen LogP contribution is -2.22. The molecule has 0 bridgehead atoms. The van der Waals surface area contributed by atoms with Gasteiger partial charge in [0.05, 0.1) is 17.3 Å². The maximum Gasteiger partial charge on any atom is 0.266 e. The Morgan fingerprint density at radius 2 is 1.96 bits per heavy atom. The van der Waals surface area contributed by atoms with E-state index in [2.05, 4.69) is 15.0 Å². The zero-order valence-electron chi connectivity index (χ0n) is 13.5. The molecule has 1 aromatic carbocycles. The maximum absolute atomic E-state index is 13.2. The van der Waals surface area contributed by atoms with Gasteiger partial charge in [0.15, 0.2) is 0 Å². The molecule has 3 aromatic rings. The minimum atomic E-state index is -0.483. The van der Waals surface area contributed by atoms with Crippen LogP contribution in [0.3, 0.4) is 0 Å². The molecule has 0 saturated heterocycles. The van der Waals surface area contributed by atoms with Crippen LogP contribution < -0.4 is 5.56 Å². The molecule has 24 heavy (non-hydrogen) atoms. The maximum atomic E-state index is 13.2. The highest BCUT2D eigenvalue weighted by Crippen LogP contribution is 2.28. The second kappa shape index (κ2) is 6.56. The van der Waals surface area contributed by atoms with E-state index in [1.165, 1.54) is 0 Å². The average Bonchev–Trinajstić information content (AvgIpc) is 2.60. The lowest BCUT2D eigenvalue weighted by molar-refractivity contribution is 0.669. The van der Waals surface area contributed by atoms with Gasteiger partial charge in [0.25, 0.3) is 5.56 Å². The van der Waals surface area contributed by atoms with Crippen molar-refractivity contribution in [1.82, 2.24) is 9.38 Å². The monoisotopic (exact) mass is 319 g/mol. The Labute approximate surface area is 139 Å². The van der Waals surface area contributed by atoms with Crippen LogP contribution in [0.25, 0.3) is 27.2 Å². The van der Waals surface area contributed by atoms with Gasteiger partial charge in [-0.25, -0.2) is 4.98 Å². The van der Waals surface area contributed by atoms with Gasteiger partial charge in [-0.15, -0.1) is 0 Å². The number of fused-ring (bicyclic) bond motifs is 1. The van der Waals surface area contributed by atoms with Gasteiger partial charge < -0.3 is 0 Å². The number of rotatable bonds is 4. The molecule has 2 heterocycles. The van der Waals surface area contributed by atoms with Gasteiger partial charge in [0.1, 0.15) is 5.65 Å². The van der Waals surface area contributed by atoms with E-state index < -0.39 is 6.04 Å². The number of hydrogen-bond donors (Lipinski definition) is 0. The van der Waals surface area contributed by atoms with Crippen LogP contribution in [0.1, 0.15) is 30.8 Å². The first kappa shape index (κ1) is 15.8. The van der Waals surface area contributed by atoms with Crippen LogP contribution in [-0.2, 0) is 0 Å². The molecule has 120 valence electrons. The molecule has 0 fully saturated rings. The molecule has 2 aromatic heterocycles. The van der Waals surface area contributed by atoms with Crippen LogP contribution in [0.4, 0.5) is 0 Å². The first-order valence-corrected chi connectivity index (χ1v) is 7.79. The summed E-state index contributed by atoms with van der Waals surface area (Å²) < 4.78 is 1.59. The molecular weight excluding hydrogens is 302 g/mol. The van der Waals surface area contributed by atoms with E-state index >= 15 is 0 Å². The first-order valence-electron chi connectivity index (χ1n) is 7.79. The SMILES string of the molecule is CCC(N=[N+]=[N-])c1nc2cccc(C)n2c(=O)c1-c1ccccc1. The predicted octanol–water partition coefficient (Wildman–Crippen LogP) is 4.43. The van der Waals surface area contributed by atoms with Crippen molar-refractivity contribution in [2.75, 3.05) is 0 Å². The Bertz CT molecular complexity index is 987. The van der Waals surface area contributed by atoms with Gasteiger partial charge in [-0.05, 0) is 36.6 Å². The summed E-state index contributed by atoms with van der Waals surface area (Å²) in [4.78, 5) is 20.8. The molecule has 0 saturated carbocycles. The van der Waals surface area contributed by atoms with Crippen LogP contribution in [0.2, 0.25) is 0 Å². The fraction of sp³-hybridized carbons (Fsp3) is 0.222. The fourth-order valence-electron chi connectivity index (χ4n) is 2.86. The van der Waals surface area contributed by atoms with Crippen molar-refractivity contribution in [1.29, 1.82) is 0 Å². The lowest BCUT2D eigenvalue weighted by Gasteiger charge is -2.16. The smallest absolute Gasteiger partial charge is 0.266 e. The van der Waals surface area contributed by atoms with E-state index in [1.54, 1.807) is 10.5 Å². The lowest BCUT2D eigenvalue weighted by atomic mass is 10.00. The van der Waals surface area contributed by atoms with Crippen molar-refractivity contribution in [3.05, 3.63) is 80.7 Å². The molecule has 0 aliphatic carbocycles. The number of hydrogen-bond acceptors (Lipinski definition) is 3. The average molecular weight is 319 g/mol. The van der Waals surface area contributed by atoms with E-state index in [-0.39, 0.29) is 5.56 Å². The van der Waals surface area contributed by atoms with E-state index in [4.69, 9.17) is 5.53 Å². The molecule has 0 amide bonds. The minimum Gasteiger partial charge on any atom is -0.268 e. The number of aryl methyl sites for hydroxylation is 1. The highest BCUT2D eigenvalue weighted by Gasteiger charge is 2.21. The van der Waals surface area contributed by atoms with E-state index in [1.807, 2.05) is 56.3 Å². The number of aromatic nitrogens is 2. The van der Waals surface area contributed by atoms with E-state index in [0.29, 0.717) is 23.3 Å². The van der Waals surface area contributed by atoms with Gasteiger partial charge >= 0.3 is 0 Å². The summed E-state index contributed by atoms with van der Waals surface area (Å²) in [6, 6.07) is 14.4. The standard InChI is InChI=1S/C18H17N5O/c1-3-14(21-22-19)17-16(13-9-5-4-6-10-13)18(24)23-12(2)8-7-11-15(23)20-17/h4-11,14H,3H2,1-2H3. The number of nitrogens with zero attached hydrogens (tertiary/aromatic N) is 5. The van der Waals surface area contributed by atoms with Gasteiger partial charge in [-0.2, -0.15) is 0 Å². The first-order chi connectivity index (χ1) is 11.7. The molecule has 0 aliphatic rings. The van der Waals surface area contributed by atoms with Crippen LogP contribution in [0.15, 0.2) is 58.4 Å². The van der Waals surface area contributed by atoms with Gasteiger partial charge in [0.2, 0.25) is 0 Å². The van der Waals surface area contributed by atoms with Crippen molar-refractivity contribution < 1.29 is 0 Å². The zero-order valence-corrected chi connectivity index (χ0v) is 13.5. The largest absolute Gasteiger partial charge is 0.268 e. The van der Waals surface area contributed by atoms with Crippen LogP contribution >= 0.6 is 0 Å². The fourth-order valence-corrected chi connectivity index (χ4v) is 2.86. The Morgan fingerprint density at radius 3 is 2.62 bits per heavy atom. The van der Waals surface area contributed by atoms with Crippen molar-refractivity contribution in [2.45, 2.75) is 26.3 Å². The van der Waals surface area contributed by atoms with Crippen molar-refractivity contribution >= 4 is 5.65 Å². The number of pyridine rings is 1. The molecule has 0 spiro atoms. The molecule has 6 nitrogen and oxygen atoms in total. The second-order valence-corrected chi connectivity index (χ2v) is 5.53. The van der Waals surface area contributed by atoms with Crippen LogP contribution in [0.5, 0.6) is 0 Å². The van der Waals surface area contributed by atoms with Crippen molar-refractivity contribution in [3.63, 3.8) is 0 Å². The quantitative estimate of drug-likeness (QED) is 0.405.